The van der Waals surface area contributed by atoms with Crippen molar-refractivity contribution in [3.05, 3.63) is 54.1 Å². The van der Waals surface area contributed by atoms with Crippen LogP contribution in [0, 0.1) is 0 Å². The second-order valence-corrected chi connectivity index (χ2v) is 8.58. The monoisotopic (exact) mass is 396 g/mol. The molecule has 3 aliphatic rings. The van der Waals surface area contributed by atoms with Crippen molar-refractivity contribution in [3.8, 4) is 0 Å². The average Bonchev–Trinajstić information content (AvgIpc) is 3.51. The van der Waals surface area contributed by atoms with Crippen LogP contribution in [0.1, 0.15) is 68.0 Å². The summed E-state index contributed by atoms with van der Waals surface area (Å²) < 4.78 is 8.45. The van der Waals surface area contributed by atoms with Gasteiger partial charge >= 0.3 is 0 Å². The standard InChI is InChI=1S/C22H28N4OS/c28-22-24-20(18-10-3-4-12-23-18)21(26(22)15-17-9-6-14-27-17)19-11-5-13-25(19)16-7-1-2-8-16/h3-5,10-13,16-17,20-21H,1-2,6-9,14-15H2,(H,24,28). The molecule has 1 N–H and O–H groups in total. The molecule has 2 aliphatic heterocycles. The number of nitrogens with one attached hydrogen (secondary N) is 1. The minimum Gasteiger partial charge on any atom is -0.376 e. The van der Waals surface area contributed by atoms with E-state index in [1.807, 2.05) is 12.3 Å². The molecule has 6 heteroatoms. The summed E-state index contributed by atoms with van der Waals surface area (Å²) in [4.78, 5) is 7.01. The second-order valence-electron chi connectivity index (χ2n) is 8.19. The van der Waals surface area contributed by atoms with Crippen LogP contribution in [-0.4, -0.2) is 38.8 Å². The van der Waals surface area contributed by atoms with Gasteiger partial charge in [-0.05, 0) is 62.2 Å². The molecule has 5 nitrogen and oxygen atoms in total. The fourth-order valence-electron chi connectivity index (χ4n) is 5.10. The third-order valence-corrected chi connectivity index (χ3v) is 6.81. The molecule has 2 saturated heterocycles. The normalized spacial score (nSPS) is 28.2. The highest BCUT2D eigenvalue weighted by Crippen LogP contribution is 2.42. The van der Waals surface area contributed by atoms with Crippen molar-refractivity contribution in [1.29, 1.82) is 0 Å². The number of hydrogen-bond donors (Lipinski definition) is 1. The van der Waals surface area contributed by atoms with Gasteiger partial charge in [0.1, 0.15) is 0 Å². The summed E-state index contributed by atoms with van der Waals surface area (Å²) in [5.74, 6) is 0. The number of pyridine rings is 1. The van der Waals surface area contributed by atoms with Crippen LogP contribution in [0.2, 0.25) is 0 Å². The summed E-state index contributed by atoms with van der Waals surface area (Å²) in [7, 11) is 0. The van der Waals surface area contributed by atoms with E-state index >= 15 is 0 Å². The number of hydrogen-bond acceptors (Lipinski definition) is 3. The zero-order valence-electron chi connectivity index (χ0n) is 16.2. The molecule has 1 saturated carbocycles. The van der Waals surface area contributed by atoms with Crippen LogP contribution in [0.25, 0.3) is 0 Å². The molecule has 4 heterocycles. The third-order valence-electron chi connectivity index (χ3n) is 6.46. The number of aromatic nitrogens is 2. The lowest BCUT2D eigenvalue weighted by molar-refractivity contribution is 0.0832. The summed E-state index contributed by atoms with van der Waals surface area (Å²) in [5.41, 5.74) is 2.39. The Balaban J connectivity index is 1.52. The van der Waals surface area contributed by atoms with Crippen molar-refractivity contribution < 1.29 is 4.74 Å². The van der Waals surface area contributed by atoms with Crippen molar-refractivity contribution in [2.75, 3.05) is 13.2 Å². The molecule has 5 rings (SSSR count). The van der Waals surface area contributed by atoms with Gasteiger partial charge in [-0.15, -0.1) is 0 Å². The van der Waals surface area contributed by atoms with Gasteiger partial charge in [0.25, 0.3) is 0 Å². The molecule has 0 aromatic carbocycles. The van der Waals surface area contributed by atoms with E-state index < -0.39 is 0 Å². The minimum absolute atomic E-state index is 0.0603. The Bertz CT molecular complexity index is 811. The molecule has 28 heavy (non-hydrogen) atoms. The Morgan fingerprint density at radius 3 is 2.75 bits per heavy atom. The van der Waals surface area contributed by atoms with E-state index in [0.29, 0.717) is 6.04 Å². The van der Waals surface area contributed by atoms with Crippen LogP contribution in [0.15, 0.2) is 42.7 Å². The van der Waals surface area contributed by atoms with Gasteiger partial charge in [-0.25, -0.2) is 0 Å². The Morgan fingerprint density at radius 2 is 2.00 bits per heavy atom. The van der Waals surface area contributed by atoms with E-state index in [-0.39, 0.29) is 18.2 Å². The van der Waals surface area contributed by atoms with Gasteiger partial charge in [-0.1, -0.05) is 18.9 Å². The molecule has 3 fully saturated rings. The van der Waals surface area contributed by atoms with Crippen LogP contribution in [-0.2, 0) is 4.74 Å². The van der Waals surface area contributed by atoms with Crippen molar-refractivity contribution >= 4 is 17.3 Å². The summed E-state index contributed by atoms with van der Waals surface area (Å²) >= 11 is 5.80. The zero-order valence-corrected chi connectivity index (χ0v) is 17.0. The lowest BCUT2D eigenvalue weighted by Gasteiger charge is -2.31. The Kier molecular flexibility index (Phi) is 5.07. The first-order chi connectivity index (χ1) is 13.8. The van der Waals surface area contributed by atoms with Crippen molar-refractivity contribution in [3.63, 3.8) is 0 Å². The molecule has 0 bridgehead atoms. The number of thiocarbonyl (C=S) groups is 1. The van der Waals surface area contributed by atoms with E-state index in [1.165, 1.54) is 31.4 Å². The van der Waals surface area contributed by atoms with Crippen LogP contribution in [0.4, 0.5) is 0 Å². The minimum atomic E-state index is 0.0603. The first-order valence-electron chi connectivity index (χ1n) is 10.6. The maximum Gasteiger partial charge on any atom is 0.170 e. The molecule has 0 radical (unpaired) electrons. The quantitative estimate of drug-likeness (QED) is 0.769. The van der Waals surface area contributed by atoms with Gasteiger partial charge < -0.3 is 19.5 Å². The van der Waals surface area contributed by atoms with E-state index in [1.54, 1.807) is 0 Å². The SMILES string of the molecule is S=C1NC(c2ccccn2)C(c2cccn2C2CCCC2)N1CC1CCCO1. The average molecular weight is 397 g/mol. The third kappa shape index (κ3) is 3.33. The summed E-state index contributed by atoms with van der Waals surface area (Å²) in [6.07, 6.45) is 11.8. The first kappa shape index (κ1) is 18.1. The van der Waals surface area contributed by atoms with E-state index in [9.17, 15) is 0 Å². The summed E-state index contributed by atoms with van der Waals surface area (Å²) in [5, 5.41) is 4.39. The molecule has 0 amide bonds. The van der Waals surface area contributed by atoms with Crippen LogP contribution < -0.4 is 5.32 Å². The second kappa shape index (κ2) is 7.84. The molecular formula is C22H28N4OS. The summed E-state index contributed by atoms with van der Waals surface area (Å²) in [6.45, 7) is 1.71. The Morgan fingerprint density at radius 1 is 1.11 bits per heavy atom. The molecule has 3 unspecified atom stereocenters. The number of nitrogens with zero attached hydrogens (tertiary/aromatic N) is 3. The topological polar surface area (TPSA) is 42.3 Å². The lowest BCUT2D eigenvalue weighted by Crippen LogP contribution is -2.37. The fourth-order valence-corrected chi connectivity index (χ4v) is 5.42. The smallest absolute Gasteiger partial charge is 0.170 e. The Hall–Kier alpha value is -1.92. The maximum absolute atomic E-state index is 5.95. The van der Waals surface area contributed by atoms with Gasteiger partial charge in [-0.3, -0.25) is 4.98 Å². The zero-order chi connectivity index (χ0) is 18.9. The van der Waals surface area contributed by atoms with Gasteiger partial charge in [0.2, 0.25) is 0 Å². The predicted molar refractivity (Wildman–Crippen MR) is 113 cm³/mol. The highest BCUT2D eigenvalue weighted by Gasteiger charge is 2.42. The first-order valence-corrected chi connectivity index (χ1v) is 11.0. The molecule has 2 aromatic heterocycles. The predicted octanol–water partition coefficient (Wildman–Crippen LogP) is 4.15. The van der Waals surface area contributed by atoms with Crippen molar-refractivity contribution in [1.82, 2.24) is 19.8 Å². The van der Waals surface area contributed by atoms with Crippen molar-refractivity contribution in [2.45, 2.75) is 62.8 Å². The van der Waals surface area contributed by atoms with Gasteiger partial charge in [-0.2, -0.15) is 0 Å². The Labute approximate surface area is 172 Å². The summed E-state index contributed by atoms with van der Waals surface area (Å²) in [6, 6.07) is 11.4. The largest absolute Gasteiger partial charge is 0.376 e. The molecule has 3 atom stereocenters. The molecule has 148 valence electrons. The highest BCUT2D eigenvalue weighted by molar-refractivity contribution is 7.80. The van der Waals surface area contributed by atoms with E-state index in [0.717, 1.165) is 36.8 Å². The van der Waals surface area contributed by atoms with Crippen molar-refractivity contribution in [2.24, 2.45) is 0 Å². The maximum atomic E-state index is 5.95. The van der Waals surface area contributed by atoms with Crippen LogP contribution in [0.5, 0.6) is 0 Å². The number of ether oxygens (including phenoxy) is 1. The fraction of sp³-hybridized carbons (Fsp3) is 0.545. The molecule has 0 spiro atoms. The number of rotatable bonds is 5. The van der Waals surface area contributed by atoms with Gasteiger partial charge in [0.05, 0.1) is 23.9 Å². The highest BCUT2D eigenvalue weighted by atomic mass is 32.1. The van der Waals surface area contributed by atoms with Gasteiger partial charge in [0, 0.05) is 37.3 Å². The van der Waals surface area contributed by atoms with Crippen LogP contribution >= 0.6 is 12.2 Å². The van der Waals surface area contributed by atoms with E-state index in [2.05, 4.69) is 50.2 Å². The van der Waals surface area contributed by atoms with E-state index in [4.69, 9.17) is 17.0 Å². The van der Waals surface area contributed by atoms with Crippen LogP contribution in [0.3, 0.4) is 0 Å². The molecule has 1 aliphatic carbocycles. The lowest BCUT2D eigenvalue weighted by atomic mass is 10.0. The molecule has 2 aromatic rings. The molecular weight excluding hydrogens is 368 g/mol. The van der Waals surface area contributed by atoms with Gasteiger partial charge in [0.15, 0.2) is 5.11 Å².